The number of nitrogens with one attached hydrogen (secondary N) is 2. The van der Waals surface area contributed by atoms with Crippen LogP contribution in [0.25, 0.3) is 0 Å². The summed E-state index contributed by atoms with van der Waals surface area (Å²) >= 11 is 1.36. The second-order valence-electron chi connectivity index (χ2n) is 10.1. The Kier molecular flexibility index (Phi) is 15.1. The largest absolute Gasteiger partial charge is 0.370 e. The maximum absolute atomic E-state index is 13.6. The maximum Gasteiger partial charge on any atom is 0.239 e. The lowest BCUT2D eigenvalue weighted by atomic mass is 9.91. The molecule has 0 saturated carbocycles. The highest BCUT2D eigenvalue weighted by Crippen LogP contribution is 2.17. The van der Waals surface area contributed by atoms with E-state index in [4.69, 9.17) is 28.7 Å². The lowest BCUT2D eigenvalue weighted by Gasteiger charge is -2.24. The zero-order chi connectivity index (χ0) is 30.9. The van der Waals surface area contributed by atoms with E-state index >= 15 is 0 Å². The molecule has 0 spiro atoms. The molecule has 2 rings (SSSR count). The molecule has 14 heteroatoms. The van der Waals surface area contributed by atoms with Crippen LogP contribution >= 0.6 is 11.3 Å². The van der Waals surface area contributed by atoms with Crippen molar-refractivity contribution >= 4 is 40.8 Å². The minimum Gasteiger partial charge on any atom is -0.370 e. The standard InChI is InChI=1S/C28H43N9O4S/c29-11-5-4-9-23(25(31)39)37-26(40)19(14-20-16-42-17-35-20)15-24(38)22(10-6-12-34-28(32)33)36-27(41)21(30)13-18-7-2-1-3-8-18/h1-3,7-8,16-17,19,21-23H,4-6,9-15,29-30H2,(H2,31,39)(H,36,41)(H,37,40)(H4,32,33,34)/t19-,21+,22-,23+/m1/s1. The third-order valence-corrected chi connectivity index (χ3v) is 7.29. The van der Waals surface area contributed by atoms with Crippen molar-refractivity contribution in [3.63, 3.8) is 0 Å². The lowest BCUT2D eigenvalue weighted by Crippen LogP contribution is -2.51. The fourth-order valence-electron chi connectivity index (χ4n) is 4.36. The summed E-state index contributed by atoms with van der Waals surface area (Å²) in [6, 6.07) is 6.57. The normalized spacial score (nSPS) is 13.8. The Labute approximate surface area is 250 Å². The Hall–Kier alpha value is -3.88. The third kappa shape index (κ3) is 12.7. The molecule has 0 saturated heterocycles. The molecule has 3 amide bonds. The molecule has 0 aliphatic heterocycles. The van der Waals surface area contributed by atoms with E-state index in [1.807, 2.05) is 30.3 Å². The average molecular weight is 602 g/mol. The van der Waals surface area contributed by atoms with Gasteiger partial charge in [0, 0.05) is 24.8 Å². The highest BCUT2D eigenvalue weighted by atomic mass is 32.1. The van der Waals surface area contributed by atoms with Gasteiger partial charge in [0.15, 0.2) is 11.7 Å². The van der Waals surface area contributed by atoms with Gasteiger partial charge in [-0.15, -0.1) is 11.3 Å². The SMILES string of the molecule is NCCCC[C@H](NC(=O)[C@@H](CC(=O)[C@@H](CCCN=C(N)N)NC(=O)[C@@H](N)Cc1ccccc1)Cc1cscn1)C(N)=O. The summed E-state index contributed by atoms with van der Waals surface area (Å²) in [5.74, 6) is -2.97. The van der Waals surface area contributed by atoms with Crippen LogP contribution in [0, 0.1) is 5.92 Å². The molecule has 1 heterocycles. The Morgan fingerprint density at radius 3 is 2.21 bits per heavy atom. The van der Waals surface area contributed by atoms with E-state index in [2.05, 4.69) is 20.6 Å². The van der Waals surface area contributed by atoms with Gasteiger partial charge in [-0.1, -0.05) is 30.3 Å². The lowest BCUT2D eigenvalue weighted by molar-refractivity contribution is -0.133. The van der Waals surface area contributed by atoms with Crippen molar-refractivity contribution in [3.05, 3.63) is 52.5 Å². The summed E-state index contributed by atoms with van der Waals surface area (Å²) in [6.07, 6.45) is 2.48. The Balaban J connectivity index is 2.19. The molecule has 0 aliphatic carbocycles. The molecule has 42 heavy (non-hydrogen) atoms. The van der Waals surface area contributed by atoms with Crippen LogP contribution in [0.15, 0.2) is 46.2 Å². The number of carbonyl (C=O) groups excluding carboxylic acids is 4. The number of guanidine groups is 1. The van der Waals surface area contributed by atoms with E-state index in [1.165, 1.54) is 11.3 Å². The number of unbranched alkanes of at least 4 members (excludes halogenated alkanes) is 1. The minimum absolute atomic E-state index is 0.0812. The monoisotopic (exact) mass is 601 g/mol. The summed E-state index contributed by atoms with van der Waals surface area (Å²) in [7, 11) is 0. The molecule has 12 N–H and O–H groups in total. The molecule has 2 aromatic rings. The molecular formula is C28H43N9O4S. The van der Waals surface area contributed by atoms with Gasteiger partial charge in [-0.05, 0) is 50.6 Å². The first-order chi connectivity index (χ1) is 20.1. The van der Waals surface area contributed by atoms with Crippen molar-refractivity contribution in [2.75, 3.05) is 13.1 Å². The van der Waals surface area contributed by atoms with Crippen molar-refractivity contribution in [2.45, 2.75) is 69.5 Å². The van der Waals surface area contributed by atoms with E-state index in [-0.39, 0.29) is 44.0 Å². The first-order valence-corrected chi connectivity index (χ1v) is 14.9. The number of hydrogen-bond donors (Lipinski definition) is 7. The summed E-state index contributed by atoms with van der Waals surface area (Å²) < 4.78 is 0. The number of carbonyl (C=O) groups is 4. The first kappa shape index (κ1) is 34.3. The van der Waals surface area contributed by atoms with Crippen LogP contribution in [0.5, 0.6) is 0 Å². The topological polar surface area (TPSA) is 248 Å². The molecule has 230 valence electrons. The Morgan fingerprint density at radius 2 is 1.60 bits per heavy atom. The number of primary amides is 1. The molecule has 4 atom stereocenters. The number of amides is 3. The number of thiazole rings is 1. The highest BCUT2D eigenvalue weighted by molar-refractivity contribution is 7.07. The number of ketones is 1. The molecule has 0 bridgehead atoms. The summed E-state index contributed by atoms with van der Waals surface area (Å²) in [4.78, 5) is 60.2. The number of aromatic nitrogens is 1. The van der Waals surface area contributed by atoms with Gasteiger partial charge in [0.25, 0.3) is 0 Å². The number of nitrogens with two attached hydrogens (primary N) is 5. The van der Waals surface area contributed by atoms with Gasteiger partial charge in [-0.2, -0.15) is 0 Å². The van der Waals surface area contributed by atoms with Crippen molar-refractivity contribution in [1.82, 2.24) is 15.6 Å². The van der Waals surface area contributed by atoms with Crippen molar-refractivity contribution in [1.29, 1.82) is 0 Å². The second kappa shape index (κ2) is 18.5. The molecule has 0 aliphatic rings. The van der Waals surface area contributed by atoms with Crippen molar-refractivity contribution in [2.24, 2.45) is 39.6 Å². The van der Waals surface area contributed by atoms with E-state index < -0.39 is 41.8 Å². The third-order valence-electron chi connectivity index (χ3n) is 6.65. The fraction of sp³-hybridized carbons (Fsp3) is 0.500. The predicted molar refractivity (Wildman–Crippen MR) is 163 cm³/mol. The molecule has 1 aromatic carbocycles. The van der Waals surface area contributed by atoms with Crippen molar-refractivity contribution in [3.8, 4) is 0 Å². The minimum atomic E-state index is -0.934. The first-order valence-electron chi connectivity index (χ1n) is 14.0. The van der Waals surface area contributed by atoms with E-state index in [0.29, 0.717) is 37.9 Å². The van der Waals surface area contributed by atoms with Gasteiger partial charge in [0.1, 0.15) is 6.04 Å². The average Bonchev–Trinajstić information content (AvgIpc) is 3.47. The zero-order valence-electron chi connectivity index (χ0n) is 23.7. The number of aliphatic imine (C=N–C) groups is 1. The maximum atomic E-state index is 13.6. The van der Waals surface area contributed by atoms with Gasteiger partial charge in [0.2, 0.25) is 17.7 Å². The molecule has 0 unspecified atom stereocenters. The quantitative estimate of drug-likeness (QED) is 0.0584. The van der Waals surface area contributed by atoms with E-state index in [0.717, 1.165) is 5.56 Å². The number of benzene rings is 1. The van der Waals surface area contributed by atoms with Crippen LogP contribution in [-0.2, 0) is 32.0 Å². The number of rotatable bonds is 20. The zero-order valence-corrected chi connectivity index (χ0v) is 24.6. The number of Topliss-reactive ketones (excluding diaryl/α,β-unsaturated/α-hetero) is 1. The van der Waals surface area contributed by atoms with Crippen LogP contribution in [0.1, 0.15) is 49.8 Å². The van der Waals surface area contributed by atoms with E-state index in [9.17, 15) is 19.2 Å². The molecule has 0 fully saturated rings. The second-order valence-corrected chi connectivity index (χ2v) is 10.8. The van der Waals surface area contributed by atoms with Crippen molar-refractivity contribution < 1.29 is 19.2 Å². The summed E-state index contributed by atoms with van der Waals surface area (Å²) in [5, 5.41) is 7.25. The predicted octanol–water partition coefficient (Wildman–Crippen LogP) is -0.531. The molecule has 1 aromatic heterocycles. The Bertz CT molecular complexity index is 1160. The molecular weight excluding hydrogens is 558 g/mol. The van der Waals surface area contributed by atoms with Crippen LogP contribution < -0.4 is 39.3 Å². The van der Waals surface area contributed by atoms with Gasteiger partial charge in [-0.3, -0.25) is 24.2 Å². The number of hydrogen-bond acceptors (Lipinski definition) is 9. The van der Waals surface area contributed by atoms with Crippen LogP contribution in [0.4, 0.5) is 0 Å². The number of nitrogens with zero attached hydrogens (tertiary/aromatic N) is 2. The fourth-order valence-corrected chi connectivity index (χ4v) is 4.93. The summed E-state index contributed by atoms with van der Waals surface area (Å²) in [5.41, 5.74) is 31.2. The van der Waals surface area contributed by atoms with Gasteiger partial charge >= 0.3 is 0 Å². The van der Waals surface area contributed by atoms with Crippen LogP contribution in [0.2, 0.25) is 0 Å². The highest BCUT2D eigenvalue weighted by Gasteiger charge is 2.31. The van der Waals surface area contributed by atoms with Crippen LogP contribution in [-0.4, -0.2) is 65.7 Å². The molecule has 13 nitrogen and oxygen atoms in total. The van der Waals surface area contributed by atoms with Gasteiger partial charge in [0.05, 0.1) is 29.2 Å². The Morgan fingerprint density at radius 1 is 0.905 bits per heavy atom. The smallest absolute Gasteiger partial charge is 0.239 e. The van der Waals surface area contributed by atoms with E-state index in [1.54, 1.807) is 10.9 Å². The molecule has 0 radical (unpaired) electrons. The van der Waals surface area contributed by atoms with Crippen LogP contribution in [0.3, 0.4) is 0 Å². The van der Waals surface area contributed by atoms with Gasteiger partial charge in [-0.25, -0.2) is 4.98 Å². The van der Waals surface area contributed by atoms with Gasteiger partial charge < -0.3 is 39.3 Å². The summed E-state index contributed by atoms with van der Waals surface area (Å²) in [6.45, 7) is 0.704.